The Bertz CT molecular complexity index is 1000. The summed E-state index contributed by atoms with van der Waals surface area (Å²) < 4.78 is 34.4. The molecule has 0 fully saturated rings. The lowest BCUT2D eigenvalue weighted by atomic mass is 10.1. The molecule has 0 saturated carbocycles. The summed E-state index contributed by atoms with van der Waals surface area (Å²) in [6.07, 6.45) is 1.82. The summed E-state index contributed by atoms with van der Waals surface area (Å²) >= 11 is 0. The van der Waals surface area contributed by atoms with Crippen LogP contribution >= 0.6 is 0 Å². The van der Waals surface area contributed by atoms with E-state index in [0.717, 1.165) is 10.00 Å². The van der Waals surface area contributed by atoms with Crippen LogP contribution in [0.5, 0.6) is 0 Å². The Labute approximate surface area is 158 Å². The average Bonchev–Trinajstić information content (AvgIpc) is 3.09. The Morgan fingerprint density at radius 1 is 1.33 bits per heavy atom. The molecule has 0 spiro atoms. The number of aromatic nitrogens is 2. The zero-order valence-corrected chi connectivity index (χ0v) is 16.1. The van der Waals surface area contributed by atoms with Crippen molar-refractivity contribution in [3.8, 4) is 6.07 Å². The maximum atomic E-state index is 13.2. The number of carbonyl (C=O) groups excluding carboxylic acids is 1. The Balaban J connectivity index is 2.07. The van der Waals surface area contributed by atoms with Crippen molar-refractivity contribution in [2.45, 2.75) is 43.8 Å². The number of hydrogen-bond acceptors (Lipinski definition) is 6. The molecule has 0 N–H and O–H groups in total. The number of hydrogen-bond donors (Lipinski definition) is 0. The van der Waals surface area contributed by atoms with Crippen molar-refractivity contribution >= 4 is 16.0 Å². The summed E-state index contributed by atoms with van der Waals surface area (Å²) in [6, 6.07) is 6.70. The number of benzene rings is 1. The second-order valence-electron chi connectivity index (χ2n) is 6.57. The van der Waals surface area contributed by atoms with Crippen LogP contribution in [0.25, 0.3) is 0 Å². The molecule has 2 aromatic rings. The highest BCUT2D eigenvalue weighted by atomic mass is 32.2. The monoisotopic (exact) mass is 388 g/mol. The predicted octanol–water partition coefficient (Wildman–Crippen LogP) is 1.62. The first-order valence-electron chi connectivity index (χ1n) is 8.44. The third-order valence-electron chi connectivity index (χ3n) is 4.64. The Kier molecular flexibility index (Phi) is 5.04. The molecular formula is C18H20N4O4S. The van der Waals surface area contributed by atoms with Gasteiger partial charge in [-0.2, -0.15) is 9.57 Å². The number of rotatable bonds is 4. The van der Waals surface area contributed by atoms with Crippen LogP contribution in [-0.2, 0) is 32.5 Å². The highest BCUT2D eigenvalue weighted by Crippen LogP contribution is 2.30. The number of carbonyl (C=O) groups is 1. The molecule has 1 aromatic carbocycles. The lowest BCUT2D eigenvalue weighted by Gasteiger charge is -2.33. The number of esters is 1. The summed E-state index contributed by atoms with van der Waals surface area (Å²) in [7, 11) is -2.74. The first-order valence-corrected chi connectivity index (χ1v) is 9.88. The number of imidazole rings is 1. The molecule has 2 heterocycles. The highest BCUT2D eigenvalue weighted by molar-refractivity contribution is 7.89. The fourth-order valence-electron chi connectivity index (χ4n) is 3.18. The number of methoxy groups -OCH3 is 1. The highest BCUT2D eigenvalue weighted by Gasteiger charge is 2.42. The molecule has 142 valence electrons. The van der Waals surface area contributed by atoms with Crippen LogP contribution in [-0.4, -0.2) is 41.4 Å². The van der Waals surface area contributed by atoms with Crippen LogP contribution in [0.2, 0.25) is 0 Å². The Morgan fingerprint density at radius 2 is 2.00 bits per heavy atom. The summed E-state index contributed by atoms with van der Waals surface area (Å²) in [5.41, 5.74) is 1.82. The van der Waals surface area contributed by atoms with Crippen LogP contribution in [0.4, 0.5) is 0 Å². The van der Waals surface area contributed by atoms with E-state index in [4.69, 9.17) is 10.00 Å². The molecule has 9 heteroatoms. The van der Waals surface area contributed by atoms with E-state index in [2.05, 4.69) is 4.98 Å². The van der Waals surface area contributed by atoms with Crippen LogP contribution in [0.15, 0.2) is 35.5 Å². The molecule has 0 amide bonds. The number of sulfonamides is 1. The van der Waals surface area contributed by atoms with E-state index in [1.165, 1.54) is 31.4 Å². The lowest BCUT2D eigenvalue weighted by Crippen LogP contribution is -2.49. The van der Waals surface area contributed by atoms with Crippen LogP contribution in [0.3, 0.4) is 0 Å². The fraction of sp³-hybridized carbons (Fsp3) is 0.389. The van der Waals surface area contributed by atoms with Crippen molar-refractivity contribution in [1.29, 1.82) is 5.26 Å². The Morgan fingerprint density at radius 3 is 2.56 bits per heavy atom. The van der Waals surface area contributed by atoms with Gasteiger partial charge in [0.25, 0.3) is 0 Å². The normalized spacial score (nSPS) is 17.4. The summed E-state index contributed by atoms with van der Waals surface area (Å²) in [6.45, 7) is 3.98. The van der Waals surface area contributed by atoms with Gasteiger partial charge in [-0.3, -0.25) is 4.79 Å². The zero-order chi connectivity index (χ0) is 19.8. The SMILES string of the molecule is COC(=O)[C@@H]1Cc2ncn(C(C)C)c2CN1S(=O)(=O)c1ccc(C#N)cc1. The topological polar surface area (TPSA) is 105 Å². The first-order chi connectivity index (χ1) is 12.8. The summed E-state index contributed by atoms with van der Waals surface area (Å²) in [5, 5.41) is 8.91. The third kappa shape index (κ3) is 3.34. The van der Waals surface area contributed by atoms with E-state index in [1.54, 1.807) is 6.33 Å². The summed E-state index contributed by atoms with van der Waals surface area (Å²) in [4.78, 5) is 16.7. The number of nitrogens with zero attached hydrogens (tertiary/aromatic N) is 4. The molecule has 0 saturated heterocycles. The van der Waals surface area contributed by atoms with Gasteiger partial charge in [-0.25, -0.2) is 13.4 Å². The molecule has 8 nitrogen and oxygen atoms in total. The van der Waals surface area contributed by atoms with Crippen LogP contribution in [0.1, 0.15) is 36.8 Å². The van der Waals surface area contributed by atoms with E-state index >= 15 is 0 Å². The van der Waals surface area contributed by atoms with Crippen LogP contribution < -0.4 is 0 Å². The van der Waals surface area contributed by atoms with Crippen molar-refractivity contribution < 1.29 is 17.9 Å². The van der Waals surface area contributed by atoms with Crippen molar-refractivity contribution in [2.75, 3.05) is 7.11 Å². The minimum Gasteiger partial charge on any atom is -0.468 e. The molecule has 0 radical (unpaired) electrons. The van der Waals surface area contributed by atoms with Crippen molar-refractivity contribution in [2.24, 2.45) is 0 Å². The van der Waals surface area contributed by atoms with E-state index in [-0.39, 0.29) is 23.9 Å². The van der Waals surface area contributed by atoms with Crippen molar-refractivity contribution in [1.82, 2.24) is 13.9 Å². The molecule has 3 rings (SSSR count). The standard InChI is InChI=1S/C18H20N4O4S/c1-12(2)21-11-20-15-8-16(18(23)26-3)22(10-17(15)21)27(24,25)14-6-4-13(9-19)5-7-14/h4-7,11-12,16H,8,10H2,1-3H3/t16-/m0/s1. The molecule has 0 unspecified atom stereocenters. The fourth-order valence-corrected chi connectivity index (χ4v) is 4.72. The van der Waals surface area contributed by atoms with Gasteiger partial charge in [0.1, 0.15) is 6.04 Å². The van der Waals surface area contributed by atoms with Gasteiger partial charge in [0, 0.05) is 12.5 Å². The van der Waals surface area contributed by atoms with Crippen molar-refractivity contribution in [3.05, 3.63) is 47.5 Å². The first kappa shape index (κ1) is 19.1. The maximum absolute atomic E-state index is 13.2. The third-order valence-corrected chi connectivity index (χ3v) is 6.51. The van der Waals surface area contributed by atoms with Gasteiger partial charge in [0.15, 0.2) is 0 Å². The van der Waals surface area contributed by atoms with Crippen LogP contribution in [0, 0.1) is 11.3 Å². The van der Waals surface area contributed by atoms with E-state index in [0.29, 0.717) is 11.3 Å². The second-order valence-corrected chi connectivity index (χ2v) is 8.46. The molecule has 1 atom stereocenters. The van der Waals surface area contributed by atoms with Crippen molar-refractivity contribution in [3.63, 3.8) is 0 Å². The van der Waals surface area contributed by atoms with Gasteiger partial charge in [0.05, 0.1) is 47.9 Å². The molecule has 1 aromatic heterocycles. The summed E-state index contributed by atoms with van der Waals surface area (Å²) in [5.74, 6) is -0.628. The minimum atomic E-state index is -3.97. The second kappa shape index (κ2) is 7.13. The molecule has 1 aliphatic heterocycles. The molecule has 0 aliphatic carbocycles. The molecular weight excluding hydrogens is 368 g/mol. The average molecular weight is 388 g/mol. The number of ether oxygens (including phenoxy) is 1. The largest absolute Gasteiger partial charge is 0.468 e. The molecule has 27 heavy (non-hydrogen) atoms. The van der Waals surface area contributed by atoms with E-state index in [1.807, 2.05) is 24.5 Å². The van der Waals surface area contributed by atoms with Gasteiger partial charge in [-0.05, 0) is 38.1 Å². The number of fused-ring (bicyclic) bond motifs is 1. The smallest absolute Gasteiger partial charge is 0.324 e. The Hall–Kier alpha value is -2.70. The molecule has 1 aliphatic rings. The predicted molar refractivity (Wildman–Crippen MR) is 96.0 cm³/mol. The number of nitriles is 1. The lowest BCUT2D eigenvalue weighted by molar-refractivity contribution is -0.145. The maximum Gasteiger partial charge on any atom is 0.324 e. The quantitative estimate of drug-likeness (QED) is 0.737. The van der Waals surface area contributed by atoms with Gasteiger partial charge in [-0.1, -0.05) is 0 Å². The van der Waals surface area contributed by atoms with Gasteiger partial charge in [-0.15, -0.1) is 0 Å². The van der Waals surface area contributed by atoms with Gasteiger partial charge in [0.2, 0.25) is 10.0 Å². The minimum absolute atomic E-state index is 0.0227. The van der Waals surface area contributed by atoms with Gasteiger partial charge < -0.3 is 9.30 Å². The molecule has 0 bridgehead atoms. The van der Waals surface area contributed by atoms with Gasteiger partial charge >= 0.3 is 5.97 Å². The van der Waals surface area contributed by atoms with E-state index < -0.39 is 22.0 Å². The zero-order valence-electron chi connectivity index (χ0n) is 15.3. The van der Waals surface area contributed by atoms with E-state index in [9.17, 15) is 13.2 Å².